The molecule has 0 saturated heterocycles. The van der Waals surface area contributed by atoms with Crippen molar-refractivity contribution in [2.75, 3.05) is 13.2 Å². The molecule has 0 atom stereocenters. The summed E-state index contributed by atoms with van der Waals surface area (Å²) in [5.41, 5.74) is 4.81. The van der Waals surface area contributed by atoms with Crippen molar-refractivity contribution in [1.29, 1.82) is 0 Å². The molecule has 0 radical (unpaired) electrons. The molecule has 5 aromatic carbocycles. The predicted octanol–water partition coefficient (Wildman–Crippen LogP) is 7.67. The van der Waals surface area contributed by atoms with Crippen LogP contribution in [-0.4, -0.2) is 41.0 Å². The second kappa shape index (κ2) is 12.7. The van der Waals surface area contributed by atoms with Crippen molar-refractivity contribution in [3.63, 3.8) is 0 Å². The molecule has 0 N–H and O–H groups in total. The van der Waals surface area contributed by atoms with Crippen LogP contribution in [0.2, 0.25) is 0 Å². The number of hydrogen-bond donors (Lipinski definition) is 0. The third-order valence-electron chi connectivity index (χ3n) is 7.95. The quantitative estimate of drug-likeness (QED) is 0.0532. The van der Waals surface area contributed by atoms with Crippen LogP contribution in [0.4, 0.5) is 0 Å². The van der Waals surface area contributed by atoms with Crippen LogP contribution in [0.5, 0.6) is 0 Å². The molecule has 45 heavy (non-hydrogen) atoms. The molecule has 0 bridgehead atoms. The van der Waals surface area contributed by atoms with E-state index in [9.17, 15) is 14.4 Å². The minimum Gasteiger partial charge on any atom is -0.380 e. The first-order valence-corrected chi connectivity index (χ1v) is 14.9. The molecule has 0 fully saturated rings. The maximum atomic E-state index is 14.0. The maximum absolute atomic E-state index is 14.0. The molecule has 7 nitrogen and oxygen atoms in total. The van der Waals surface area contributed by atoms with E-state index < -0.39 is 5.97 Å². The van der Waals surface area contributed by atoms with Crippen LogP contribution in [0, 0.1) is 6.92 Å². The molecule has 0 amide bonds. The number of carbonyl (C=O) groups is 3. The van der Waals surface area contributed by atoms with Gasteiger partial charge in [0, 0.05) is 64.1 Å². The lowest BCUT2D eigenvalue weighted by atomic mass is 9.96. The number of ether oxygens (including phenoxy) is 1. The summed E-state index contributed by atoms with van der Waals surface area (Å²) in [5.74, 6) is -1.09. The van der Waals surface area contributed by atoms with Crippen molar-refractivity contribution < 1.29 is 24.0 Å². The monoisotopic (exact) mass is 596 g/mol. The van der Waals surface area contributed by atoms with E-state index in [1.54, 1.807) is 12.1 Å². The molecule has 6 aromatic rings. The molecule has 1 aromatic heterocycles. The number of Topliss-reactive ketones (excluding diaryl/α,β-unsaturated/α-hetero) is 1. The van der Waals surface area contributed by atoms with E-state index in [1.165, 1.54) is 6.92 Å². The van der Waals surface area contributed by atoms with Crippen LogP contribution in [-0.2, 0) is 20.9 Å². The fourth-order valence-electron chi connectivity index (χ4n) is 5.72. The Morgan fingerprint density at radius 3 is 2.07 bits per heavy atom. The zero-order valence-electron chi connectivity index (χ0n) is 25.4. The number of carbonyl (C=O) groups excluding carboxylic acids is 3. The van der Waals surface area contributed by atoms with Crippen molar-refractivity contribution in [2.45, 2.75) is 27.3 Å². The molecule has 0 saturated carbocycles. The fourth-order valence-corrected chi connectivity index (χ4v) is 5.72. The second-order valence-corrected chi connectivity index (χ2v) is 10.9. The average molecular weight is 597 g/mol. The van der Waals surface area contributed by atoms with Crippen molar-refractivity contribution in [3.8, 4) is 0 Å². The summed E-state index contributed by atoms with van der Waals surface area (Å²) in [6.45, 7) is 6.78. The number of fused-ring (bicyclic) bond motifs is 4. The highest BCUT2D eigenvalue weighted by Crippen LogP contribution is 2.32. The summed E-state index contributed by atoms with van der Waals surface area (Å²) in [6.07, 6.45) is 0. The van der Waals surface area contributed by atoms with E-state index in [2.05, 4.69) is 9.72 Å². The first kappa shape index (κ1) is 29.7. The van der Waals surface area contributed by atoms with Crippen LogP contribution in [0.25, 0.3) is 32.6 Å². The molecule has 7 heteroatoms. The molecular weight excluding hydrogens is 564 g/mol. The first-order chi connectivity index (χ1) is 21.9. The minimum absolute atomic E-state index is 0.0369. The lowest BCUT2D eigenvalue weighted by molar-refractivity contribution is -0.140. The number of nitrogens with zero attached hydrogens (tertiary/aromatic N) is 2. The molecule has 0 unspecified atom stereocenters. The molecular formula is C38H32N2O5. The van der Waals surface area contributed by atoms with E-state index in [-0.39, 0.29) is 17.3 Å². The van der Waals surface area contributed by atoms with E-state index >= 15 is 0 Å². The van der Waals surface area contributed by atoms with Crippen LogP contribution in [0.3, 0.4) is 0 Å². The van der Waals surface area contributed by atoms with E-state index in [0.717, 1.165) is 38.1 Å². The highest BCUT2D eigenvalue weighted by Gasteiger charge is 2.22. The SMILES string of the molecule is CCOCCn1c2ccc(C(=O)/C(=N/OC(C)=O)c3ccccc3C)cc2c2cc(C(=O)c3ccc4ccccc4c3)ccc21. The maximum Gasteiger partial charge on any atom is 0.332 e. The average Bonchev–Trinajstić information content (AvgIpc) is 3.37. The topological polar surface area (TPSA) is 87.0 Å². The normalized spacial score (nSPS) is 11.8. The van der Waals surface area contributed by atoms with Crippen LogP contribution < -0.4 is 0 Å². The standard InChI is InChI=1S/C38H32N2O5/c1-4-44-20-19-40-34-17-15-29(37(42)28-14-13-26-10-6-7-11-27(26)21-28)22-32(34)33-23-30(16-18-35(33)40)38(43)36(39-45-25(3)41)31-12-8-5-9-24(31)2/h5-18,21-23H,4,19-20H2,1-3H3/b39-36+. The van der Waals surface area contributed by atoms with Crippen molar-refractivity contribution >= 4 is 55.8 Å². The summed E-state index contributed by atoms with van der Waals surface area (Å²) in [7, 11) is 0. The number of rotatable bonds is 10. The Labute approximate surface area is 260 Å². The number of aromatic nitrogens is 1. The summed E-state index contributed by atoms with van der Waals surface area (Å²) in [6, 6.07) is 32.2. The van der Waals surface area contributed by atoms with Gasteiger partial charge in [-0.25, -0.2) is 4.79 Å². The van der Waals surface area contributed by atoms with Gasteiger partial charge in [0.05, 0.1) is 6.61 Å². The predicted molar refractivity (Wildman–Crippen MR) is 177 cm³/mol. The second-order valence-electron chi connectivity index (χ2n) is 10.9. The van der Waals surface area contributed by atoms with E-state index in [0.29, 0.717) is 42.0 Å². The van der Waals surface area contributed by atoms with Gasteiger partial charge in [-0.1, -0.05) is 65.8 Å². The Bertz CT molecular complexity index is 2140. The summed E-state index contributed by atoms with van der Waals surface area (Å²) < 4.78 is 7.82. The number of benzene rings is 5. The molecule has 6 rings (SSSR count). The van der Waals surface area contributed by atoms with Gasteiger partial charge in [0.2, 0.25) is 5.78 Å². The third kappa shape index (κ3) is 5.90. The largest absolute Gasteiger partial charge is 0.380 e. The molecule has 224 valence electrons. The Morgan fingerprint density at radius 1 is 0.733 bits per heavy atom. The van der Waals surface area contributed by atoms with Gasteiger partial charge >= 0.3 is 5.97 Å². The molecule has 0 aliphatic heterocycles. The number of ketones is 2. The Hall–Kier alpha value is -5.40. The number of hydrogen-bond acceptors (Lipinski definition) is 6. The number of aryl methyl sites for hydroxylation is 1. The Balaban J connectivity index is 1.48. The fraction of sp³-hybridized carbons (Fsp3) is 0.158. The van der Waals surface area contributed by atoms with Gasteiger partial charge in [-0.3, -0.25) is 9.59 Å². The minimum atomic E-state index is -0.620. The summed E-state index contributed by atoms with van der Waals surface area (Å²) in [4.78, 5) is 44.3. The van der Waals surface area contributed by atoms with Gasteiger partial charge in [0.25, 0.3) is 0 Å². The highest BCUT2D eigenvalue weighted by atomic mass is 16.7. The zero-order chi connectivity index (χ0) is 31.5. The van der Waals surface area contributed by atoms with Crippen molar-refractivity contribution in [1.82, 2.24) is 4.57 Å². The van der Waals surface area contributed by atoms with Crippen molar-refractivity contribution in [2.24, 2.45) is 5.16 Å². The van der Waals surface area contributed by atoms with E-state index in [1.807, 2.05) is 105 Å². The lowest BCUT2D eigenvalue weighted by Gasteiger charge is -2.10. The van der Waals surface area contributed by atoms with Gasteiger partial charge in [-0.15, -0.1) is 0 Å². The summed E-state index contributed by atoms with van der Waals surface area (Å²) >= 11 is 0. The van der Waals surface area contributed by atoms with E-state index in [4.69, 9.17) is 9.57 Å². The van der Waals surface area contributed by atoms with Crippen LogP contribution in [0.15, 0.2) is 108 Å². The van der Waals surface area contributed by atoms with Gasteiger partial charge in [0.1, 0.15) is 0 Å². The zero-order valence-corrected chi connectivity index (χ0v) is 25.4. The number of oxime groups is 1. The lowest BCUT2D eigenvalue weighted by Crippen LogP contribution is -2.18. The van der Waals surface area contributed by atoms with Crippen LogP contribution in [0.1, 0.15) is 51.3 Å². The Morgan fingerprint density at radius 2 is 1.36 bits per heavy atom. The van der Waals surface area contributed by atoms with Gasteiger partial charge < -0.3 is 14.1 Å². The highest BCUT2D eigenvalue weighted by molar-refractivity contribution is 6.51. The molecule has 0 spiro atoms. The Kier molecular flexibility index (Phi) is 8.36. The van der Waals surface area contributed by atoms with Gasteiger partial charge in [-0.05, 0) is 72.6 Å². The molecule has 0 aliphatic carbocycles. The van der Waals surface area contributed by atoms with Gasteiger partial charge in [0.15, 0.2) is 11.5 Å². The first-order valence-electron chi connectivity index (χ1n) is 14.9. The van der Waals surface area contributed by atoms with Crippen molar-refractivity contribution in [3.05, 3.63) is 131 Å². The van der Waals surface area contributed by atoms with Gasteiger partial charge in [-0.2, -0.15) is 0 Å². The molecule has 0 aliphatic rings. The van der Waals surface area contributed by atoms with Crippen LogP contribution >= 0.6 is 0 Å². The summed E-state index contributed by atoms with van der Waals surface area (Å²) in [5, 5.41) is 7.70. The third-order valence-corrected chi connectivity index (χ3v) is 7.95. The smallest absolute Gasteiger partial charge is 0.332 e. The molecule has 1 heterocycles.